The number of nitrogens with zero attached hydrogens (tertiary/aromatic N) is 2. The van der Waals surface area contributed by atoms with Gasteiger partial charge in [-0.05, 0) is 36.4 Å². The summed E-state index contributed by atoms with van der Waals surface area (Å²) in [6.07, 6.45) is 0. The second-order valence-corrected chi connectivity index (χ2v) is 8.75. The van der Waals surface area contributed by atoms with E-state index in [-0.39, 0.29) is 17.6 Å². The van der Waals surface area contributed by atoms with Crippen LogP contribution in [0.1, 0.15) is 10.4 Å². The zero-order chi connectivity index (χ0) is 20.1. The maximum absolute atomic E-state index is 12.2. The first-order valence-electron chi connectivity index (χ1n) is 7.69. The summed E-state index contributed by atoms with van der Waals surface area (Å²) in [6, 6.07) is 11.4. The molecule has 0 aliphatic carbocycles. The van der Waals surface area contributed by atoms with E-state index in [0.717, 1.165) is 0 Å². The summed E-state index contributed by atoms with van der Waals surface area (Å²) in [4.78, 5) is 24.2. The van der Waals surface area contributed by atoms with E-state index in [1.807, 2.05) is 0 Å². The molecule has 0 aliphatic heterocycles. The van der Waals surface area contributed by atoms with Gasteiger partial charge in [-0.3, -0.25) is 14.9 Å². The summed E-state index contributed by atoms with van der Waals surface area (Å²) < 4.78 is 0.547. The molecule has 6 nitrogen and oxygen atoms in total. The van der Waals surface area contributed by atoms with Crippen LogP contribution in [-0.4, -0.2) is 27.8 Å². The number of rotatable bonds is 6. The maximum Gasteiger partial charge on any atom is 0.257 e. The van der Waals surface area contributed by atoms with Crippen molar-refractivity contribution in [3.63, 3.8) is 0 Å². The Balaban J connectivity index is 1.52. The molecule has 0 spiro atoms. The number of hydrogen-bond acceptors (Lipinski definition) is 6. The minimum Gasteiger partial charge on any atom is -0.325 e. The van der Waals surface area contributed by atoms with Gasteiger partial charge in [0.1, 0.15) is 0 Å². The Kier molecular flexibility index (Phi) is 7.14. The topological polar surface area (TPSA) is 84.0 Å². The van der Waals surface area contributed by atoms with Crippen LogP contribution in [0.5, 0.6) is 0 Å². The number of thioether (sulfide) groups is 1. The summed E-state index contributed by atoms with van der Waals surface area (Å²) in [7, 11) is 0. The van der Waals surface area contributed by atoms with Crippen molar-refractivity contribution in [2.45, 2.75) is 4.34 Å². The van der Waals surface area contributed by atoms with E-state index >= 15 is 0 Å². The summed E-state index contributed by atoms with van der Waals surface area (Å²) >= 11 is 20.0. The Morgan fingerprint density at radius 3 is 2.57 bits per heavy atom. The highest BCUT2D eigenvalue weighted by Crippen LogP contribution is 2.27. The van der Waals surface area contributed by atoms with Gasteiger partial charge in [-0.25, -0.2) is 0 Å². The number of amides is 2. The van der Waals surface area contributed by atoms with Gasteiger partial charge in [0.25, 0.3) is 5.91 Å². The van der Waals surface area contributed by atoms with Gasteiger partial charge in [-0.1, -0.05) is 64.0 Å². The highest BCUT2D eigenvalue weighted by molar-refractivity contribution is 8.01. The Hall–Kier alpha value is -1.84. The van der Waals surface area contributed by atoms with Crippen LogP contribution in [0, 0.1) is 0 Å². The van der Waals surface area contributed by atoms with E-state index in [1.54, 1.807) is 42.5 Å². The van der Waals surface area contributed by atoms with Crippen molar-refractivity contribution in [3.05, 3.63) is 63.1 Å². The first kappa shape index (κ1) is 20.9. The first-order chi connectivity index (χ1) is 13.4. The third-order valence-corrected chi connectivity index (χ3v) is 6.19. The highest BCUT2D eigenvalue weighted by atomic mass is 35.5. The number of carbonyl (C=O) groups is 2. The lowest BCUT2D eigenvalue weighted by Gasteiger charge is -2.05. The molecule has 144 valence electrons. The lowest BCUT2D eigenvalue weighted by atomic mass is 10.2. The number of benzene rings is 2. The summed E-state index contributed by atoms with van der Waals surface area (Å²) in [6.45, 7) is 0. The van der Waals surface area contributed by atoms with Crippen LogP contribution < -0.4 is 10.6 Å². The molecule has 2 aromatic carbocycles. The average Bonchev–Trinajstić information content (AvgIpc) is 3.10. The molecule has 0 radical (unpaired) electrons. The molecule has 1 aromatic heterocycles. The van der Waals surface area contributed by atoms with Crippen LogP contribution in [0.3, 0.4) is 0 Å². The average molecular weight is 474 g/mol. The monoisotopic (exact) mass is 472 g/mol. The van der Waals surface area contributed by atoms with Gasteiger partial charge in [0.15, 0.2) is 4.34 Å². The summed E-state index contributed by atoms with van der Waals surface area (Å²) in [5, 5.41) is 14.8. The molecule has 1 heterocycles. The fraction of sp³-hybridized carbons (Fsp3) is 0.0588. The molecule has 0 saturated carbocycles. The maximum atomic E-state index is 12.2. The van der Waals surface area contributed by atoms with E-state index in [2.05, 4.69) is 20.8 Å². The molecule has 0 fully saturated rings. The van der Waals surface area contributed by atoms with E-state index in [1.165, 1.54) is 23.1 Å². The Bertz CT molecular complexity index is 1030. The van der Waals surface area contributed by atoms with Crippen LogP contribution in [0.25, 0.3) is 0 Å². The number of anilines is 2. The Labute approximate surface area is 183 Å². The van der Waals surface area contributed by atoms with Crippen molar-refractivity contribution in [2.75, 3.05) is 16.4 Å². The predicted molar refractivity (Wildman–Crippen MR) is 115 cm³/mol. The minimum absolute atomic E-state index is 0.122. The Morgan fingerprint density at radius 1 is 1.00 bits per heavy atom. The third-order valence-electron chi connectivity index (χ3n) is 3.24. The van der Waals surface area contributed by atoms with Gasteiger partial charge >= 0.3 is 0 Å². The fourth-order valence-corrected chi connectivity index (χ4v) is 4.05. The quantitative estimate of drug-likeness (QED) is 0.366. The molecule has 0 aliphatic rings. The molecule has 3 aromatic rings. The molecule has 0 unspecified atom stereocenters. The molecule has 11 heteroatoms. The zero-order valence-electron chi connectivity index (χ0n) is 13.9. The summed E-state index contributed by atoms with van der Waals surface area (Å²) in [5.41, 5.74) is 0.963. The van der Waals surface area contributed by atoms with Crippen LogP contribution in [-0.2, 0) is 4.79 Å². The zero-order valence-corrected chi connectivity index (χ0v) is 17.8. The van der Waals surface area contributed by atoms with Crippen LogP contribution >= 0.6 is 57.9 Å². The number of hydrogen-bond donors (Lipinski definition) is 2. The lowest BCUT2D eigenvalue weighted by Crippen LogP contribution is -2.13. The second-order valence-electron chi connectivity index (χ2n) is 5.30. The molecular formula is C17H11Cl3N4O2S2. The van der Waals surface area contributed by atoms with Gasteiger partial charge in [-0.2, -0.15) is 0 Å². The third kappa shape index (κ3) is 5.83. The van der Waals surface area contributed by atoms with Crippen molar-refractivity contribution in [2.24, 2.45) is 0 Å². The highest BCUT2D eigenvalue weighted by Gasteiger charge is 2.12. The van der Waals surface area contributed by atoms with E-state index in [4.69, 9.17) is 34.8 Å². The van der Waals surface area contributed by atoms with Crippen molar-refractivity contribution < 1.29 is 9.59 Å². The molecular weight excluding hydrogens is 463 g/mol. The van der Waals surface area contributed by atoms with Crippen molar-refractivity contribution in [1.29, 1.82) is 0 Å². The van der Waals surface area contributed by atoms with Crippen molar-refractivity contribution >= 4 is 80.5 Å². The Morgan fingerprint density at radius 2 is 1.82 bits per heavy atom. The molecule has 0 bridgehead atoms. The van der Waals surface area contributed by atoms with E-state index in [9.17, 15) is 9.59 Å². The number of aromatic nitrogens is 2. The van der Waals surface area contributed by atoms with Gasteiger partial charge in [0.05, 0.1) is 15.8 Å². The van der Waals surface area contributed by atoms with Crippen molar-refractivity contribution in [1.82, 2.24) is 10.2 Å². The van der Waals surface area contributed by atoms with E-state index < -0.39 is 0 Å². The van der Waals surface area contributed by atoms with Gasteiger partial charge in [-0.15, -0.1) is 10.2 Å². The first-order valence-corrected chi connectivity index (χ1v) is 10.6. The van der Waals surface area contributed by atoms with Crippen LogP contribution in [0.15, 0.2) is 46.8 Å². The van der Waals surface area contributed by atoms with E-state index in [0.29, 0.717) is 35.8 Å². The lowest BCUT2D eigenvalue weighted by molar-refractivity contribution is -0.113. The molecule has 28 heavy (non-hydrogen) atoms. The number of carbonyl (C=O) groups excluding carboxylic acids is 2. The molecule has 2 amide bonds. The van der Waals surface area contributed by atoms with Gasteiger partial charge < -0.3 is 5.32 Å². The molecule has 3 rings (SSSR count). The summed E-state index contributed by atoms with van der Waals surface area (Å²) in [5.74, 6) is -0.451. The second kappa shape index (κ2) is 9.58. The molecule has 0 atom stereocenters. The smallest absolute Gasteiger partial charge is 0.257 e. The van der Waals surface area contributed by atoms with Gasteiger partial charge in [0, 0.05) is 16.3 Å². The fourth-order valence-electron chi connectivity index (χ4n) is 2.02. The standard InChI is InChI=1S/C17H11Cl3N4O2S2/c18-10-3-1-2-9(6-10)15(26)22-16-23-24-17(28-16)27-8-14(25)21-11-4-5-12(19)13(20)7-11/h1-7H,8H2,(H,21,25)(H,22,23,26). The predicted octanol–water partition coefficient (Wildman–Crippen LogP) is 5.48. The molecule has 2 N–H and O–H groups in total. The van der Waals surface area contributed by atoms with Gasteiger partial charge in [0.2, 0.25) is 11.0 Å². The molecule has 0 saturated heterocycles. The largest absolute Gasteiger partial charge is 0.325 e. The number of nitrogens with one attached hydrogen (secondary N) is 2. The minimum atomic E-state index is -0.340. The van der Waals surface area contributed by atoms with Crippen molar-refractivity contribution in [3.8, 4) is 0 Å². The number of halogens is 3. The normalized spacial score (nSPS) is 10.5. The van der Waals surface area contributed by atoms with Crippen LogP contribution in [0.2, 0.25) is 15.1 Å². The SMILES string of the molecule is O=C(CSc1nnc(NC(=O)c2cccc(Cl)c2)s1)Nc1ccc(Cl)c(Cl)c1. The van der Waals surface area contributed by atoms with Crippen LogP contribution in [0.4, 0.5) is 10.8 Å².